The molecule has 116 valence electrons. The molecule has 1 aromatic carbocycles. The fourth-order valence-electron chi connectivity index (χ4n) is 1.66. The summed E-state index contributed by atoms with van der Waals surface area (Å²) in [5.74, 6) is 11.1. The zero-order chi connectivity index (χ0) is 16.2. The minimum Gasteiger partial charge on any atom is -0.462 e. The van der Waals surface area contributed by atoms with Crippen molar-refractivity contribution in [3.63, 3.8) is 0 Å². The van der Waals surface area contributed by atoms with E-state index in [-0.39, 0.29) is 5.97 Å². The van der Waals surface area contributed by atoms with Gasteiger partial charge in [0, 0.05) is 6.42 Å². The van der Waals surface area contributed by atoms with Crippen LogP contribution in [0.1, 0.15) is 43.5 Å². The van der Waals surface area contributed by atoms with Gasteiger partial charge in [-0.05, 0) is 43.4 Å². The summed E-state index contributed by atoms with van der Waals surface area (Å²) < 4.78 is 4.92. The van der Waals surface area contributed by atoms with Crippen LogP contribution < -0.4 is 11.1 Å². The summed E-state index contributed by atoms with van der Waals surface area (Å²) in [6, 6.07) is 5.02. The highest BCUT2D eigenvalue weighted by Crippen LogP contribution is 2.20. The summed E-state index contributed by atoms with van der Waals surface area (Å²) in [4.78, 5) is 11.6. The number of esters is 1. The fraction of sp³-hybridized carbons (Fsp3) is 0.389. The van der Waals surface area contributed by atoms with Crippen LogP contribution in [0.15, 0.2) is 18.2 Å². The van der Waals surface area contributed by atoms with Crippen LogP contribution in [0.2, 0.25) is 0 Å². The third-order valence-corrected chi connectivity index (χ3v) is 2.82. The van der Waals surface area contributed by atoms with Crippen molar-refractivity contribution in [2.75, 3.05) is 24.2 Å². The second-order valence-electron chi connectivity index (χ2n) is 4.58. The Morgan fingerprint density at radius 1 is 1.27 bits per heavy atom. The number of hydrogen-bond donors (Lipinski definition) is 2. The van der Waals surface area contributed by atoms with E-state index in [2.05, 4.69) is 35.9 Å². The SMILES string of the molecule is CCCCC#CC#CCNc1ccc(C(=O)OCC)cc1N. The number of carbonyl (C=O) groups excluding carboxylic acids is 1. The molecule has 3 N–H and O–H groups in total. The largest absolute Gasteiger partial charge is 0.462 e. The van der Waals surface area contributed by atoms with Gasteiger partial charge < -0.3 is 15.8 Å². The lowest BCUT2D eigenvalue weighted by molar-refractivity contribution is 0.0526. The third kappa shape index (κ3) is 6.24. The highest BCUT2D eigenvalue weighted by Gasteiger charge is 2.08. The molecule has 1 aromatic rings. The van der Waals surface area contributed by atoms with Gasteiger partial charge in [-0.3, -0.25) is 0 Å². The van der Waals surface area contributed by atoms with Gasteiger partial charge in [0.1, 0.15) is 0 Å². The van der Waals surface area contributed by atoms with Crippen LogP contribution in [-0.4, -0.2) is 19.1 Å². The van der Waals surface area contributed by atoms with Gasteiger partial charge in [-0.1, -0.05) is 25.2 Å². The molecule has 0 spiro atoms. The summed E-state index contributed by atoms with van der Waals surface area (Å²) >= 11 is 0. The minimum absolute atomic E-state index is 0.341. The molecule has 0 aromatic heterocycles. The van der Waals surface area contributed by atoms with Crippen LogP contribution in [0, 0.1) is 23.7 Å². The van der Waals surface area contributed by atoms with Gasteiger partial charge in [0.15, 0.2) is 0 Å². The monoisotopic (exact) mass is 298 g/mol. The Balaban J connectivity index is 2.51. The normalized spacial score (nSPS) is 9.00. The number of unbranched alkanes of at least 4 members (excludes halogenated alkanes) is 2. The van der Waals surface area contributed by atoms with Crippen molar-refractivity contribution >= 4 is 17.3 Å². The van der Waals surface area contributed by atoms with Crippen molar-refractivity contribution in [2.45, 2.75) is 33.1 Å². The molecule has 0 fully saturated rings. The Hall–Kier alpha value is -2.59. The maximum atomic E-state index is 11.6. The van der Waals surface area contributed by atoms with E-state index in [4.69, 9.17) is 10.5 Å². The summed E-state index contributed by atoms with van der Waals surface area (Å²) in [5, 5.41) is 3.09. The molecule has 0 bridgehead atoms. The van der Waals surface area contributed by atoms with Gasteiger partial charge in [-0.25, -0.2) is 4.79 Å². The van der Waals surface area contributed by atoms with Crippen molar-refractivity contribution in [1.82, 2.24) is 0 Å². The molecule has 0 aliphatic rings. The Morgan fingerprint density at radius 2 is 2.05 bits per heavy atom. The quantitative estimate of drug-likeness (QED) is 0.367. The van der Waals surface area contributed by atoms with E-state index in [1.807, 2.05) is 0 Å². The molecular weight excluding hydrogens is 276 g/mol. The van der Waals surface area contributed by atoms with Crippen LogP contribution in [0.5, 0.6) is 0 Å². The standard InChI is InChI=1S/C18H22N2O2/c1-3-5-6-7-8-9-10-13-20-17-12-11-15(14-16(17)19)18(21)22-4-2/h11-12,14,20H,3-6,13,19H2,1-2H3. The summed E-state index contributed by atoms with van der Waals surface area (Å²) in [6.07, 6.45) is 3.14. The van der Waals surface area contributed by atoms with E-state index < -0.39 is 0 Å². The number of carbonyl (C=O) groups is 1. The first-order valence-electron chi connectivity index (χ1n) is 7.45. The molecule has 0 unspecified atom stereocenters. The molecule has 0 radical (unpaired) electrons. The average Bonchev–Trinajstić information content (AvgIpc) is 2.51. The van der Waals surface area contributed by atoms with Gasteiger partial charge in [-0.2, -0.15) is 0 Å². The number of benzene rings is 1. The fourth-order valence-corrected chi connectivity index (χ4v) is 1.66. The van der Waals surface area contributed by atoms with Crippen molar-refractivity contribution in [3.8, 4) is 23.7 Å². The van der Waals surface area contributed by atoms with Crippen molar-refractivity contribution < 1.29 is 9.53 Å². The van der Waals surface area contributed by atoms with E-state index in [0.717, 1.165) is 24.9 Å². The van der Waals surface area contributed by atoms with Crippen LogP contribution in [-0.2, 0) is 4.74 Å². The van der Waals surface area contributed by atoms with Gasteiger partial charge in [0.05, 0.1) is 30.1 Å². The van der Waals surface area contributed by atoms with Crippen molar-refractivity contribution in [3.05, 3.63) is 23.8 Å². The predicted molar refractivity (Wildman–Crippen MR) is 90.4 cm³/mol. The lowest BCUT2D eigenvalue weighted by atomic mass is 10.1. The number of hydrogen-bond acceptors (Lipinski definition) is 4. The number of nitrogens with two attached hydrogens (primary N) is 1. The average molecular weight is 298 g/mol. The maximum absolute atomic E-state index is 11.6. The molecule has 0 saturated heterocycles. The number of anilines is 2. The smallest absolute Gasteiger partial charge is 0.338 e. The third-order valence-electron chi connectivity index (χ3n) is 2.82. The van der Waals surface area contributed by atoms with E-state index in [1.54, 1.807) is 25.1 Å². The number of nitrogen functional groups attached to an aromatic ring is 1. The van der Waals surface area contributed by atoms with Crippen LogP contribution in [0.4, 0.5) is 11.4 Å². The van der Waals surface area contributed by atoms with E-state index in [9.17, 15) is 4.79 Å². The van der Waals surface area contributed by atoms with E-state index >= 15 is 0 Å². The second kappa shape index (κ2) is 10.2. The second-order valence-corrected chi connectivity index (χ2v) is 4.58. The highest BCUT2D eigenvalue weighted by atomic mass is 16.5. The summed E-state index contributed by atoms with van der Waals surface area (Å²) in [6.45, 7) is 4.69. The number of rotatable bonds is 6. The molecule has 1 rings (SSSR count). The number of ether oxygens (including phenoxy) is 1. The molecule has 4 heteroatoms. The van der Waals surface area contributed by atoms with Crippen molar-refractivity contribution in [1.29, 1.82) is 0 Å². The molecule has 0 aliphatic carbocycles. The van der Waals surface area contributed by atoms with Crippen LogP contribution in [0.3, 0.4) is 0 Å². The Morgan fingerprint density at radius 3 is 2.73 bits per heavy atom. The van der Waals surface area contributed by atoms with Gasteiger partial charge >= 0.3 is 5.97 Å². The first kappa shape index (κ1) is 17.5. The predicted octanol–water partition coefficient (Wildman–Crippen LogP) is 3.05. The summed E-state index contributed by atoms with van der Waals surface area (Å²) in [5.41, 5.74) is 7.57. The van der Waals surface area contributed by atoms with Gasteiger partial charge in [0.2, 0.25) is 0 Å². The van der Waals surface area contributed by atoms with Crippen LogP contribution >= 0.6 is 0 Å². The molecule has 22 heavy (non-hydrogen) atoms. The van der Waals surface area contributed by atoms with Crippen molar-refractivity contribution in [2.24, 2.45) is 0 Å². The lowest BCUT2D eigenvalue weighted by Crippen LogP contribution is -2.07. The van der Waals surface area contributed by atoms with E-state index in [0.29, 0.717) is 24.4 Å². The molecule has 0 heterocycles. The summed E-state index contributed by atoms with van der Waals surface area (Å²) in [7, 11) is 0. The molecule has 0 aliphatic heterocycles. The zero-order valence-corrected chi connectivity index (χ0v) is 13.2. The van der Waals surface area contributed by atoms with E-state index in [1.165, 1.54) is 0 Å². The Kier molecular flexibility index (Phi) is 8.08. The first-order valence-corrected chi connectivity index (χ1v) is 7.45. The molecule has 4 nitrogen and oxygen atoms in total. The van der Waals surface area contributed by atoms with Gasteiger partial charge in [0.25, 0.3) is 0 Å². The number of nitrogens with one attached hydrogen (secondary N) is 1. The topological polar surface area (TPSA) is 64.3 Å². The lowest BCUT2D eigenvalue weighted by Gasteiger charge is -2.08. The Bertz CT molecular complexity index is 615. The highest BCUT2D eigenvalue weighted by molar-refractivity contribution is 5.91. The maximum Gasteiger partial charge on any atom is 0.338 e. The zero-order valence-electron chi connectivity index (χ0n) is 13.2. The van der Waals surface area contributed by atoms with Gasteiger partial charge in [-0.15, -0.1) is 0 Å². The molecular formula is C18H22N2O2. The Labute approximate surface area is 132 Å². The molecule has 0 saturated carbocycles. The molecule has 0 amide bonds. The molecule has 0 atom stereocenters. The minimum atomic E-state index is -0.372. The van der Waals surface area contributed by atoms with Crippen LogP contribution in [0.25, 0.3) is 0 Å². The first-order chi connectivity index (χ1) is 10.7.